The first-order chi connectivity index (χ1) is 11.5. The molecule has 1 saturated heterocycles. The lowest BCUT2D eigenvalue weighted by molar-refractivity contribution is -0.145. The fraction of sp³-hybridized carbons (Fsp3) is 0.778. The first kappa shape index (κ1) is 16.9. The predicted octanol–water partition coefficient (Wildman–Crippen LogP) is 2.84. The Morgan fingerprint density at radius 3 is 2.50 bits per heavy atom. The van der Waals surface area contributed by atoms with Gasteiger partial charge in [-0.05, 0) is 12.8 Å². The Morgan fingerprint density at radius 2 is 1.92 bits per heavy atom. The largest absolute Gasteiger partial charge is 0.481 e. The van der Waals surface area contributed by atoms with E-state index in [0.29, 0.717) is 38.8 Å². The highest BCUT2D eigenvalue weighted by Gasteiger charge is 2.51. The van der Waals surface area contributed by atoms with Gasteiger partial charge in [0.1, 0.15) is 0 Å². The smallest absolute Gasteiger partial charge is 0.308 e. The standard InChI is InChI=1S/C18H25N3O3/c1-2-3-10-18(19-20-18)11-7-15(22)21-12-14(16(23)24)17(13-21)8-5-4-6-9-17/h1,14H,3-13H2,(H,23,24). The highest BCUT2D eigenvalue weighted by atomic mass is 16.4. The topological polar surface area (TPSA) is 82.3 Å². The Hall–Kier alpha value is -1.90. The van der Waals surface area contributed by atoms with Crippen molar-refractivity contribution in [2.75, 3.05) is 13.1 Å². The molecular weight excluding hydrogens is 306 g/mol. The van der Waals surface area contributed by atoms with Gasteiger partial charge in [0.25, 0.3) is 0 Å². The number of hydrogen-bond acceptors (Lipinski definition) is 4. The molecule has 0 radical (unpaired) electrons. The van der Waals surface area contributed by atoms with Gasteiger partial charge in [-0.3, -0.25) is 9.59 Å². The van der Waals surface area contributed by atoms with Crippen molar-refractivity contribution in [3.05, 3.63) is 0 Å². The molecule has 3 aliphatic rings. The number of hydrogen-bond donors (Lipinski definition) is 1. The number of carbonyl (C=O) groups excluding carboxylic acids is 1. The van der Waals surface area contributed by atoms with Crippen LogP contribution in [-0.4, -0.2) is 40.6 Å². The monoisotopic (exact) mass is 331 g/mol. The van der Waals surface area contributed by atoms with E-state index in [0.717, 1.165) is 25.7 Å². The number of aliphatic carboxylic acids is 1. The normalized spacial score (nSPS) is 26.3. The molecule has 2 fully saturated rings. The third-order valence-electron chi connectivity index (χ3n) is 5.94. The SMILES string of the molecule is C#CCCC1(CCC(=O)N2CC(C(=O)O)C3(CCCCC3)C2)N=N1. The summed E-state index contributed by atoms with van der Waals surface area (Å²) >= 11 is 0. The molecular formula is C18H25N3O3. The lowest BCUT2D eigenvalue weighted by Crippen LogP contribution is -2.37. The van der Waals surface area contributed by atoms with Crippen molar-refractivity contribution >= 4 is 11.9 Å². The van der Waals surface area contributed by atoms with Gasteiger partial charge in [0, 0.05) is 44.2 Å². The predicted molar refractivity (Wildman–Crippen MR) is 88.1 cm³/mol. The zero-order chi connectivity index (χ0) is 17.2. The van der Waals surface area contributed by atoms with Gasteiger partial charge < -0.3 is 10.0 Å². The molecule has 0 bridgehead atoms. The summed E-state index contributed by atoms with van der Waals surface area (Å²) in [5, 5.41) is 17.7. The Bertz CT molecular complexity index is 581. The average Bonchev–Trinajstić information content (AvgIpc) is 3.26. The van der Waals surface area contributed by atoms with E-state index in [1.54, 1.807) is 4.90 Å². The molecule has 3 rings (SSSR count). The Balaban J connectivity index is 1.58. The van der Waals surface area contributed by atoms with Gasteiger partial charge >= 0.3 is 5.97 Å². The van der Waals surface area contributed by atoms with Gasteiger partial charge in [0.15, 0.2) is 5.66 Å². The molecule has 1 saturated carbocycles. The highest BCUT2D eigenvalue weighted by molar-refractivity contribution is 5.79. The van der Waals surface area contributed by atoms with E-state index in [2.05, 4.69) is 16.1 Å². The zero-order valence-corrected chi connectivity index (χ0v) is 14.0. The minimum atomic E-state index is -0.759. The van der Waals surface area contributed by atoms with Crippen LogP contribution in [0.15, 0.2) is 10.2 Å². The summed E-state index contributed by atoms with van der Waals surface area (Å²) in [6, 6.07) is 0. The molecule has 130 valence electrons. The van der Waals surface area contributed by atoms with Crippen LogP contribution in [-0.2, 0) is 9.59 Å². The second kappa shape index (κ2) is 6.54. The van der Waals surface area contributed by atoms with E-state index >= 15 is 0 Å². The molecule has 1 spiro atoms. The lowest BCUT2D eigenvalue weighted by Gasteiger charge is -2.36. The summed E-state index contributed by atoms with van der Waals surface area (Å²) in [6.07, 6.45) is 12.7. The van der Waals surface area contributed by atoms with Gasteiger partial charge in [-0.25, -0.2) is 0 Å². The van der Waals surface area contributed by atoms with Crippen molar-refractivity contribution in [2.24, 2.45) is 21.6 Å². The molecule has 6 heteroatoms. The molecule has 1 atom stereocenters. The Morgan fingerprint density at radius 1 is 1.21 bits per heavy atom. The van der Waals surface area contributed by atoms with Crippen LogP contribution >= 0.6 is 0 Å². The molecule has 1 aliphatic carbocycles. The Labute approximate surface area is 142 Å². The zero-order valence-electron chi connectivity index (χ0n) is 14.0. The molecule has 1 unspecified atom stereocenters. The summed E-state index contributed by atoms with van der Waals surface area (Å²) in [6.45, 7) is 0.939. The summed E-state index contributed by atoms with van der Waals surface area (Å²) in [5.41, 5.74) is -0.661. The molecule has 2 heterocycles. The van der Waals surface area contributed by atoms with Gasteiger partial charge in [-0.1, -0.05) is 19.3 Å². The molecule has 0 aromatic heterocycles. The number of carbonyl (C=O) groups is 2. The van der Waals surface area contributed by atoms with Gasteiger partial charge in [0.2, 0.25) is 5.91 Å². The minimum absolute atomic E-state index is 0.0288. The highest BCUT2D eigenvalue weighted by Crippen LogP contribution is 2.48. The molecule has 0 aromatic rings. The molecule has 2 aliphatic heterocycles. The minimum Gasteiger partial charge on any atom is -0.481 e. The van der Waals surface area contributed by atoms with Crippen molar-refractivity contribution in [1.29, 1.82) is 0 Å². The van der Waals surface area contributed by atoms with E-state index in [4.69, 9.17) is 6.42 Å². The van der Waals surface area contributed by atoms with Crippen LogP contribution < -0.4 is 0 Å². The summed E-state index contributed by atoms with van der Waals surface area (Å²) < 4.78 is 0. The van der Waals surface area contributed by atoms with Crippen molar-refractivity contribution in [2.45, 2.75) is 63.5 Å². The van der Waals surface area contributed by atoms with Crippen molar-refractivity contribution in [3.63, 3.8) is 0 Å². The molecule has 1 amide bonds. The van der Waals surface area contributed by atoms with Crippen LogP contribution in [0.3, 0.4) is 0 Å². The first-order valence-corrected chi connectivity index (χ1v) is 8.88. The van der Waals surface area contributed by atoms with Gasteiger partial charge in [0.05, 0.1) is 5.92 Å². The average molecular weight is 331 g/mol. The molecule has 24 heavy (non-hydrogen) atoms. The quantitative estimate of drug-likeness (QED) is 0.760. The number of amides is 1. The maximum absolute atomic E-state index is 12.6. The number of rotatable bonds is 6. The summed E-state index contributed by atoms with van der Waals surface area (Å²) in [4.78, 5) is 26.1. The first-order valence-electron chi connectivity index (χ1n) is 8.88. The van der Waals surface area contributed by atoms with Gasteiger partial charge in [-0.2, -0.15) is 10.2 Å². The lowest BCUT2D eigenvalue weighted by atomic mass is 9.68. The molecule has 1 N–H and O–H groups in total. The fourth-order valence-electron chi connectivity index (χ4n) is 4.39. The van der Waals surface area contributed by atoms with Crippen molar-refractivity contribution < 1.29 is 14.7 Å². The summed E-state index contributed by atoms with van der Waals surface area (Å²) in [7, 11) is 0. The van der Waals surface area contributed by atoms with Crippen LogP contribution in [0.4, 0.5) is 0 Å². The van der Waals surface area contributed by atoms with Crippen molar-refractivity contribution in [1.82, 2.24) is 4.90 Å². The van der Waals surface area contributed by atoms with Crippen LogP contribution in [0.2, 0.25) is 0 Å². The van der Waals surface area contributed by atoms with E-state index in [1.807, 2.05) is 0 Å². The fourth-order valence-corrected chi connectivity index (χ4v) is 4.39. The van der Waals surface area contributed by atoms with Crippen LogP contribution in [0.1, 0.15) is 57.8 Å². The summed E-state index contributed by atoms with van der Waals surface area (Å²) in [5.74, 6) is 1.43. The molecule has 0 aromatic carbocycles. The number of terminal acetylenes is 1. The Kier molecular flexibility index (Phi) is 4.62. The van der Waals surface area contributed by atoms with Gasteiger partial charge in [-0.15, -0.1) is 12.3 Å². The second-order valence-electron chi connectivity index (χ2n) is 7.47. The van der Waals surface area contributed by atoms with Crippen LogP contribution in [0, 0.1) is 23.7 Å². The maximum atomic E-state index is 12.6. The number of carboxylic acids is 1. The van der Waals surface area contributed by atoms with Crippen LogP contribution in [0.5, 0.6) is 0 Å². The van der Waals surface area contributed by atoms with Crippen LogP contribution in [0.25, 0.3) is 0 Å². The number of nitrogens with zero attached hydrogens (tertiary/aromatic N) is 3. The number of carboxylic acid groups (broad SMARTS) is 1. The van der Waals surface area contributed by atoms with E-state index < -0.39 is 17.6 Å². The van der Waals surface area contributed by atoms with E-state index in [1.165, 1.54) is 6.42 Å². The number of likely N-dealkylation sites (tertiary alicyclic amines) is 1. The van der Waals surface area contributed by atoms with Crippen molar-refractivity contribution in [3.8, 4) is 12.3 Å². The maximum Gasteiger partial charge on any atom is 0.308 e. The second-order valence-corrected chi connectivity index (χ2v) is 7.47. The third-order valence-corrected chi connectivity index (χ3v) is 5.94. The molecule has 6 nitrogen and oxygen atoms in total. The van der Waals surface area contributed by atoms with E-state index in [9.17, 15) is 14.7 Å². The van der Waals surface area contributed by atoms with E-state index in [-0.39, 0.29) is 11.3 Å². The third kappa shape index (κ3) is 3.31.